The number of amides is 1. The SMILES string of the molecule is C[C@@H]1CCCC[C@@H]1NC(=O)[C@@H](C)OC(=O)C12CC3CC(CC(C3)C1)C2. The topological polar surface area (TPSA) is 55.4 Å². The van der Waals surface area contributed by atoms with Gasteiger partial charge in [0.1, 0.15) is 0 Å². The summed E-state index contributed by atoms with van der Waals surface area (Å²) in [5.41, 5.74) is -0.276. The van der Waals surface area contributed by atoms with Crippen molar-refractivity contribution >= 4 is 11.9 Å². The minimum absolute atomic E-state index is 0.0917. The van der Waals surface area contributed by atoms with E-state index in [2.05, 4.69) is 12.2 Å². The Labute approximate surface area is 151 Å². The first-order chi connectivity index (χ1) is 11.9. The highest BCUT2D eigenvalue weighted by Crippen LogP contribution is 2.60. The van der Waals surface area contributed by atoms with Crippen molar-refractivity contribution < 1.29 is 14.3 Å². The number of rotatable bonds is 4. The summed E-state index contributed by atoms with van der Waals surface area (Å²) < 4.78 is 5.72. The van der Waals surface area contributed by atoms with E-state index in [1.54, 1.807) is 6.92 Å². The number of hydrogen-bond acceptors (Lipinski definition) is 3. The summed E-state index contributed by atoms with van der Waals surface area (Å²) in [4.78, 5) is 25.5. The van der Waals surface area contributed by atoms with Crippen molar-refractivity contribution in [3.05, 3.63) is 0 Å². The predicted molar refractivity (Wildman–Crippen MR) is 95.7 cm³/mol. The van der Waals surface area contributed by atoms with E-state index in [4.69, 9.17) is 4.74 Å². The summed E-state index contributed by atoms with van der Waals surface area (Å²) in [5, 5.41) is 3.13. The maximum absolute atomic E-state index is 13.0. The molecule has 0 aromatic rings. The Morgan fingerprint density at radius 1 is 1.00 bits per heavy atom. The number of carbonyl (C=O) groups is 2. The third-order valence-electron chi connectivity index (χ3n) is 7.56. The van der Waals surface area contributed by atoms with Gasteiger partial charge in [-0.3, -0.25) is 9.59 Å². The van der Waals surface area contributed by atoms with E-state index in [9.17, 15) is 9.59 Å². The maximum atomic E-state index is 13.0. The van der Waals surface area contributed by atoms with Crippen molar-refractivity contribution in [2.75, 3.05) is 0 Å². The van der Waals surface area contributed by atoms with E-state index in [-0.39, 0.29) is 23.3 Å². The molecule has 0 saturated heterocycles. The van der Waals surface area contributed by atoms with Crippen LogP contribution in [0, 0.1) is 29.1 Å². The second-order valence-electron chi connectivity index (χ2n) is 9.62. The van der Waals surface area contributed by atoms with Crippen LogP contribution >= 0.6 is 0 Å². The molecule has 0 spiro atoms. The van der Waals surface area contributed by atoms with Crippen molar-refractivity contribution in [3.8, 4) is 0 Å². The van der Waals surface area contributed by atoms with Gasteiger partial charge in [-0.05, 0) is 82.0 Å². The summed E-state index contributed by atoms with van der Waals surface area (Å²) in [7, 11) is 0. The van der Waals surface area contributed by atoms with Crippen molar-refractivity contribution in [3.63, 3.8) is 0 Å². The van der Waals surface area contributed by atoms with Gasteiger partial charge in [-0.2, -0.15) is 0 Å². The lowest BCUT2D eigenvalue weighted by Gasteiger charge is -2.55. The van der Waals surface area contributed by atoms with E-state index < -0.39 is 6.10 Å². The average Bonchev–Trinajstić information content (AvgIpc) is 2.55. The van der Waals surface area contributed by atoms with Crippen LogP contribution in [-0.2, 0) is 14.3 Å². The first kappa shape index (κ1) is 17.4. The standard InChI is InChI=1S/C21H33NO3/c1-13-5-3-4-6-18(13)22-19(23)14(2)25-20(24)21-10-15-7-16(11-21)9-17(8-15)12-21/h13-18H,3-12H2,1-2H3,(H,22,23)/t13-,14-,15?,16?,17?,18+,21?/m1/s1. The highest BCUT2D eigenvalue weighted by molar-refractivity contribution is 5.85. The minimum Gasteiger partial charge on any atom is -0.452 e. The maximum Gasteiger partial charge on any atom is 0.312 e. The molecule has 0 aromatic carbocycles. The van der Waals surface area contributed by atoms with Gasteiger partial charge in [-0.15, -0.1) is 0 Å². The van der Waals surface area contributed by atoms with E-state index in [0.717, 1.165) is 25.7 Å². The van der Waals surface area contributed by atoms with Gasteiger partial charge in [-0.25, -0.2) is 0 Å². The molecule has 25 heavy (non-hydrogen) atoms. The molecule has 1 N–H and O–H groups in total. The molecule has 5 aliphatic rings. The molecule has 4 bridgehead atoms. The van der Waals surface area contributed by atoms with Crippen molar-refractivity contribution in [1.29, 1.82) is 0 Å². The number of carbonyl (C=O) groups excluding carboxylic acids is 2. The smallest absolute Gasteiger partial charge is 0.312 e. The van der Waals surface area contributed by atoms with Gasteiger partial charge in [0.2, 0.25) is 0 Å². The molecule has 1 amide bonds. The molecule has 0 aliphatic heterocycles. The van der Waals surface area contributed by atoms with Gasteiger partial charge in [0.15, 0.2) is 6.10 Å². The zero-order chi connectivity index (χ0) is 17.6. The van der Waals surface area contributed by atoms with Crippen LogP contribution in [0.25, 0.3) is 0 Å². The lowest BCUT2D eigenvalue weighted by atomic mass is 9.49. The number of ether oxygens (including phenoxy) is 1. The zero-order valence-corrected chi connectivity index (χ0v) is 15.8. The molecule has 3 atom stereocenters. The molecule has 4 nitrogen and oxygen atoms in total. The van der Waals surface area contributed by atoms with Gasteiger partial charge < -0.3 is 10.1 Å². The predicted octanol–water partition coefficient (Wildman–Crippen LogP) is 3.83. The summed E-state index contributed by atoms with van der Waals surface area (Å²) in [6.45, 7) is 3.94. The van der Waals surface area contributed by atoms with Crippen LogP contribution in [0.5, 0.6) is 0 Å². The molecule has 5 aliphatic carbocycles. The summed E-state index contributed by atoms with van der Waals surface area (Å²) in [6.07, 6.45) is 10.9. The van der Waals surface area contributed by atoms with Crippen LogP contribution in [0.4, 0.5) is 0 Å². The molecule has 0 heterocycles. The average molecular weight is 347 g/mol. The summed E-state index contributed by atoms with van der Waals surface area (Å²) in [6, 6.07) is 0.238. The van der Waals surface area contributed by atoms with Gasteiger partial charge in [-0.1, -0.05) is 19.8 Å². The minimum atomic E-state index is -0.672. The third-order valence-corrected chi connectivity index (χ3v) is 7.56. The van der Waals surface area contributed by atoms with Gasteiger partial charge in [0.25, 0.3) is 5.91 Å². The molecule has 5 saturated carbocycles. The fourth-order valence-electron chi connectivity index (χ4n) is 6.53. The van der Waals surface area contributed by atoms with Crippen molar-refractivity contribution in [2.24, 2.45) is 29.1 Å². The molecule has 0 radical (unpaired) electrons. The largest absolute Gasteiger partial charge is 0.452 e. The van der Waals surface area contributed by atoms with Crippen LogP contribution in [-0.4, -0.2) is 24.0 Å². The number of hydrogen-bond donors (Lipinski definition) is 1. The van der Waals surface area contributed by atoms with Gasteiger partial charge in [0, 0.05) is 6.04 Å². The number of nitrogens with one attached hydrogen (secondary N) is 1. The van der Waals surface area contributed by atoms with E-state index in [1.807, 2.05) is 0 Å². The lowest BCUT2D eigenvalue weighted by molar-refractivity contribution is -0.178. The second-order valence-corrected chi connectivity index (χ2v) is 9.62. The Morgan fingerprint density at radius 2 is 1.56 bits per heavy atom. The summed E-state index contributed by atoms with van der Waals surface area (Å²) >= 11 is 0. The molecule has 5 fully saturated rings. The molecule has 140 valence electrons. The highest BCUT2D eigenvalue weighted by atomic mass is 16.5. The molecule has 4 heteroatoms. The Morgan fingerprint density at radius 3 is 2.12 bits per heavy atom. The van der Waals surface area contributed by atoms with Crippen molar-refractivity contribution in [2.45, 2.75) is 90.2 Å². The van der Waals surface area contributed by atoms with E-state index in [1.165, 1.54) is 38.5 Å². The fourth-order valence-corrected chi connectivity index (χ4v) is 6.53. The summed E-state index contributed by atoms with van der Waals surface area (Å²) in [5.74, 6) is 2.45. The molecule has 0 aromatic heterocycles. The van der Waals surface area contributed by atoms with Crippen LogP contribution in [0.3, 0.4) is 0 Å². The van der Waals surface area contributed by atoms with Crippen LogP contribution in [0.1, 0.15) is 78.1 Å². The van der Waals surface area contributed by atoms with Gasteiger partial charge in [0.05, 0.1) is 5.41 Å². The number of esters is 1. The Bertz CT molecular complexity index is 508. The Hall–Kier alpha value is -1.06. The second kappa shape index (κ2) is 6.59. The van der Waals surface area contributed by atoms with E-state index in [0.29, 0.717) is 23.7 Å². The quantitative estimate of drug-likeness (QED) is 0.786. The first-order valence-corrected chi connectivity index (χ1v) is 10.5. The normalized spacial score (nSPS) is 43.5. The fraction of sp³-hybridized carbons (Fsp3) is 0.905. The van der Waals surface area contributed by atoms with Crippen LogP contribution in [0.2, 0.25) is 0 Å². The lowest BCUT2D eigenvalue weighted by Crippen LogP contribution is -2.52. The van der Waals surface area contributed by atoms with Crippen LogP contribution in [0.15, 0.2) is 0 Å². The van der Waals surface area contributed by atoms with E-state index >= 15 is 0 Å². The Balaban J connectivity index is 1.35. The zero-order valence-electron chi connectivity index (χ0n) is 15.8. The highest BCUT2D eigenvalue weighted by Gasteiger charge is 2.55. The molecule has 5 rings (SSSR count). The van der Waals surface area contributed by atoms with Gasteiger partial charge >= 0.3 is 5.97 Å². The molecular formula is C21H33NO3. The first-order valence-electron chi connectivity index (χ1n) is 10.5. The Kier molecular flexibility index (Phi) is 4.57. The molecule has 0 unspecified atom stereocenters. The molecular weight excluding hydrogens is 314 g/mol. The van der Waals surface area contributed by atoms with Crippen molar-refractivity contribution in [1.82, 2.24) is 5.32 Å². The third kappa shape index (κ3) is 3.33. The monoisotopic (exact) mass is 347 g/mol. The van der Waals surface area contributed by atoms with Crippen LogP contribution < -0.4 is 5.32 Å².